The average Bonchev–Trinajstić information content (AvgIpc) is 2.73. The molecule has 31 heavy (non-hydrogen) atoms. The van der Waals surface area contributed by atoms with E-state index in [-0.39, 0.29) is 11.4 Å². The highest BCUT2D eigenvalue weighted by molar-refractivity contribution is 7.89. The second kappa shape index (κ2) is 9.23. The van der Waals surface area contributed by atoms with Crippen LogP contribution < -0.4 is 14.8 Å². The normalized spacial score (nSPS) is 11.2. The molecule has 0 aliphatic carbocycles. The lowest BCUT2D eigenvalue weighted by Gasteiger charge is -2.12. The molecule has 0 heterocycles. The molecule has 0 saturated heterocycles. The second-order valence-electron chi connectivity index (χ2n) is 6.75. The number of anilines is 1. The van der Waals surface area contributed by atoms with Crippen LogP contribution in [0, 0.1) is 18.6 Å². The molecule has 0 fully saturated rings. The van der Waals surface area contributed by atoms with Gasteiger partial charge in [-0.3, -0.25) is 4.79 Å². The Labute approximate surface area is 178 Å². The lowest BCUT2D eigenvalue weighted by atomic mass is 10.1. The number of carbonyl (C=O) groups is 1. The number of carbonyl (C=O) groups excluding carboxylic acids is 1. The van der Waals surface area contributed by atoms with E-state index in [1.165, 1.54) is 31.4 Å². The number of hydrogen-bond donors (Lipinski definition) is 2. The van der Waals surface area contributed by atoms with E-state index in [9.17, 15) is 22.0 Å². The van der Waals surface area contributed by atoms with Gasteiger partial charge in [0.25, 0.3) is 5.91 Å². The van der Waals surface area contributed by atoms with E-state index in [2.05, 4.69) is 10.0 Å². The predicted octanol–water partition coefficient (Wildman–Crippen LogP) is 4.01. The zero-order chi connectivity index (χ0) is 22.6. The molecule has 0 saturated carbocycles. The van der Waals surface area contributed by atoms with E-state index < -0.39 is 33.1 Å². The fraction of sp³-hybridized carbons (Fsp3) is 0.136. The average molecular weight is 446 g/mol. The predicted molar refractivity (Wildman–Crippen MR) is 113 cm³/mol. The maximum Gasteiger partial charge on any atom is 0.258 e. The number of amides is 1. The van der Waals surface area contributed by atoms with Gasteiger partial charge in [-0.25, -0.2) is 21.9 Å². The minimum atomic E-state index is -4.05. The molecule has 1 amide bonds. The third-order valence-corrected chi connectivity index (χ3v) is 5.87. The molecule has 3 rings (SSSR count). The van der Waals surface area contributed by atoms with Crippen molar-refractivity contribution in [3.63, 3.8) is 0 Å². The van der Waals surface area contributed by atoms with Crippen LogP contribution in [0.2, 0.25) is 0 Å². The largest absolute Gasteiger partial charge is 0.495 e. The number of halogens is 2. The van der Waals surface area contributed by atoms with Crippen LogP contribution in [0.15, 0.2) is 65.6 Å². The van der Waals surface area contributed by atoms with Crippen LogP contribution in [0.25, 0.3) is 0 Å². The molecule has 0 aliphatic heterocycles. The van der Waals surface area contributed by atoms with Gasteiger partial charge in [-0.2, -0.15) is 0 Å². The first-order chi connectivity index (χ1) is 14.7. The molecule has 3 aromatic carbocycles. The molecule has 0 unspecified atom stereocenters. The molecule has 6 nitrogen and oxygen atoms in total. The number of nitrogens with one attached hydrogen (secondary N) is 2. The highest BCUT2D eigenvalue weighted by Gasteiger charge is 2.20. The van der Waals surface area contributed by atoms with Gasteiger partial charge in [0.1, 0.15) is 17.4 Å². The summed E-state index contributed by atoms with van der Waals surface area (Å²) in [6, 6.07) is 13.3. The summed E-state index contributed by atoms with van der Waals surface area (Å²) in [6.45, 7) is 1.72. The molecule has 0 radical (unpaired) electrons. The summed E-state index contributed by atoms with van der Waals surface area (Å²) in [7, 11) is -2.62. The van der Waals surface area contributed by atoms with Crippen LogP contribution in [0.3, 0.4) is 0 Å². The zero-order valence-corrected chi connectivity index (χ0v) is 17.6. The Morgan fingerprint density at radius 2 is 1.71 bits per heavy atom. The van der Waals surface area contributed by atoms with Gasteiger partial charge in [0.05, 0.1) is 23.3 Å². The van der Waals surface area contributed by atoms with Gasteiger partial charge in [-0.15, -0.1) is 0 Å². The van der Waals surface area contributed by atoms with Gasteiger partial charge in [0.15, 0.2) is 0 Å². The lowest BCUT2D eigenvalue weighted by molar-refractivity contribution is 0.102. The summed E-state index contributed by atoms with van der Waals surface area (Å²) in [6.07, 6.45) is 0. The molecule has 0 aromatic heterocycles. The monoisotopic (exact) mass is 446 g/mol. The highest BCUT2D eigenvalue weighted by Crippen LogP contribution is 2.26. The molecule has 3 aromatic rings. The van der Waals surface area contributed by atoms with E-state index >= 15 is 0 Å². The Morgan fingerprint density at radius 1 is 1.00 bits per heavy atom. The van der Waals surface area contributed by atoms with E-state index in [1.807, 2.05) is 6.92 Å². The van der Waals surface area contributed by atoms with Crippen molar-refractivity contribution in [2.24, 2.45) is 0 Å². The number of sulfonamides is 1. The molecule has 9 heteroatoms. The van der Waals surface area contributed by atoms with Crippen LogP contribution in [0.5, 0.6) is 5.75 Å². The minimum Gasteiger partial charge on any atom is -0.495 e. The Balaban J connectivity index is 1.82. The van der Waals surface area contributed by atoms with Crippen LogP contribution >= 0.6 is 0 Å². The number of hydrogen-bond acceptors (Lipinski definition) is 4. The Bertz CT molecular complexity index is 1210. The molecule has 2 N–H and O–H groups in total. The number of benzene rings is 3. The fourth-order valence-corrected chi connectivity index (χ4v) is 3.86. The van der Waals surface area contributed by atoms with E-state index in [0.717, 1.165) is 23.8 Å². The Hall–Kier alpha value is -3.30. The summed E-state index contributed by atoms with van der Waals surface area (Å²) in [5.74, 6) is -1.76. The third kappa shape index (κ3) is 5.44. The molecular weight excluding hydrogens is 426 g/mol. The summed E-state index contributed by atoms with van der Waals surface area (Å²) in [5.41, 5.74) is 1.28. The van der Waals surface area contributed by atoms with Crippen molar-refractivity contribution < 1.29 is 26.7 Å². The van der Waals surface area contributed by atoms with Crippen molar-refractivity contribution >= 4 is 21.6 Å². The van der Waals surface area contributed by atoms with Gasteiger partial charge < -0.3 is 10.1 Å². The highest BCUT2D eigenvalue weighted by atomic mass is 32.2. The van der Waals surface area contributed by atoms with Crippen LogP contribution in [0.1, 0.15) is 21.5 Å². The van der Waals surface area contributed by atoms with E-state index in [1.54, 1.807) is 18.2 Å². The standard InChI is InChI=1S/C22H20F2N2O4S/c1-14-3-10-21(30-2)20(11-14)26-22(27)18-12-17(8-9-19(18)24)31(28,29)25-13-15-4-6-16(23)7-5-15/h3-12,25H,13H2,1-2H3,(H,26,27). The molecule has 162 valence electrons. The number of aryl methyl sites for hydroxylation is 1. The van der Waals surface area contributed by atoms with Crippen molar-refractivity contribution in [1.82, 2.24) is 4.72 Å². The van der Waals surface area contributed by atoms with Crippen molar-refractivity contribution in [3.8, 4) is 5.75 Å². The smallest absolute Gasteiger partial charge is 0.258 e. The summed E-state index contributed by atoms with van der Waals surface area (Å²) >= 11 is 0. The van der Waals surface area contributed by atoms with Crippen molar-refractivity contribution in [1.29, 1.82) is 0 Å². The second-order valence-corrected chi connectivity index (χ2v) is 8.52. The lowest BCUT2D eigenvalue weighted by Crippen LogP contribution is -2.24. The van der Waals surface area contributed by atoms with Gasteiger partial charge in [0, 0.05) is 6.54 Å². The number of ether oxygens (including phenoxy) is 1. The van der Waals surface area contributed by atoms with Crippen LogP contribution in [0.4, 0.5) is 14.5 Å². The SMILES string of the molecule is COc1ccc(C)cc1NC(=O)c1cc(S(=O)(=O)NCc2ccc(F)cc2)ccc1F. The van der Waals surface area contributed by atoms with Gasteiger partial charge in [0.2, 0.25) is 10.0 Å². The molecular formula is C22H20F2N2O4S. The zero-order valence-electron chi connectivity index (χ0n) is 16.8. The van der Waals surface area contributed by atoms with E-state index in [0.29, 0.717) is 17.0 Å². The van der Waals surface area contributed by atoms with Crippen LogP contribution in [-0.2, 0) is 16.6 Å². The molecule has 0 aliphatic rings. The van der Waals surface area contributed by atoms with Gasteiger partial charge in [-0.05, 0) is 60.5 Å². The first-order valence-corrected chi connectivity index (χ1v) is 10.7. The van der Waals surface area contributed by atoms with Crippen LogP contribution in [-0.4, -0.2) is 21.4 Å². The molecule has 0 atom stereocenters. The van der Waals surface area contributed by atoms with Gasteiger partial charge in [-0.1, -0.05) is 18.2 Å². The first-order valence-electron chi connectivity index (χ1n) is 9.19. The summed E-state index contributed by atoms with van der Waals surface area (Å²) in [5, 5.41) is 2.55. The molecule has 0 bridgehead atoms. The van der Waals surface area contributed by atoms with Crippen molar-refractivity contribution in [2.45, 2.75) is 18.4 Å². The molecule has 0 spiro atoms. The minimum absolute atomic E-state index is 0.0952. The van der Waals surface area contributed by atoms with E-state index in [4.69, 9.17) is 4.74 Å². The first kappa shape index (κ1) is 22.4. The Morgan fingerprint density at radius 3 is 2.39 bits per heavy atom. The topological polar surface area (TPSA) is 84.5 Å². The van der Waals surface area contributed by atoms with Crippen molar-refractivity contribution in [2.75, 3.05) is 12.4 Å². The van der Waals surface area contributed by atoms with Crippen molar-refractivity contribution in [3.05, 3.63) is 89.0 Å². The summed E-state index contributed by atoms with van der Waals surface area (Å²) < 4.78 is 60.1. The summed E-state index contributed by atoms with van der Waals surface area (Å²) in [4.78, 5) is 12.4. The number of rotatable bonds is 7. The maximum atomic E-state index is 14.3. The number of methoxy groups -OCH3 is 1. The van der Waals surface area contributed by atoms with Gasteiger partial charge >= 0.3 is 0 Å². The maximum absolute atomic E-state index is 14.3. The Kier molecular flexibility index (Phi) is 6.67. The quantitative estimate of drug-likeness (QED) is 0.574. The fourth-order valence-electron chi connectivity index (χ4n) is 2.82. The third-order valence-electron chi connectivity index (χ3n) is 4.48.